The number of nitrogens with one attached hydrogen (secondary N) is 7. The van der Waals surface area contributed by atoms with E-state index >= 15 is 0 Å². The van der Waals surface area contributed by atoms with Crippen LogP contribution in [0.4, 0.5) is 11.4 Å². The van der Waals surface area contributed by atoms with Crippen molar-refractivity contribution in [3.63, 3.8) is 0 Å². The van der Waals surface area contributed by atoms with Crippen molar-refractivity contribution in [3.8, 4) is 0 Å². The summed E-state index contributed by atoms with van der Waals surface area (Å²) in [6, 6.07) is 10.1. The molecular weight excluding hydrogens is 699 g/mol. The van der Waals surface area contributed by atoms with E-state index in [-0.39, 0.29) is 35.1 Å². The van der Waals surface area contributed by atoms with E-state index in [9.17, 15) is 19.2 Å². The number of carbonyl (C=O) groups is 4. The van der Waals surface area contributed by atoms with Crippen LogP contribution in [-0.4, -0.2) is 62.5 Å². The molecule has 4 aromatic rings. The summed E-state index contributed by atoms with van der Waals surface area (Å²) in [5.41, 5.74) is 14.1. The molecule has 0 aliphatic heterocycles. The average molecular weight is 756 g/mol. The molecule has 0 bridgehead atoms. The minimum absolute atomic E-state index is 0.127. The molecule has 0 fully saturated rings. The first-order valence-corrected chi connectivity index (χ1v) is 19.1. The van der Waals surface area contributed by atoms with Crippen molar-refractivity contribution in [1.29, 1.82) is 10.8 Å². The van der Waals surface area contributed by atoms with E-state index in [1.807, 2.05) is 9.13 Å². The van der Waals surface area contributed by atoms with Gasteiger partial charge in [0.15, 0.2) is 0 Å². The number of amides is 4. The molecule has 4 amide bonds. The van der Waals surface area contributed by atoms with Crippen LogP contribution in [-0.2, 0) is 13.1 Å². The van der Waals surface area contributed by atoms with Crippen molar-refractivity contribution in [2.24, 2.45) is 23.3 Å². The van der Waals surface area contributed by atoms with E-state index in [4.69, 9.17) is 22.3 Å². The maximum Gasteiger partial charge on any atom is 0.272 e. The zero-order valence-electron chi connectivity index (χ0n) is 32.4. The van der Waals surface area contributed by atoms with Gasteiger partial charge in [0.25, 0.3) is 23.6 Å². The molecule has 1 aromatic carbocycles. The Balaban J connectivity index is 1.43. The van der Waals surface area contributed by atoms with E-state index in [1.54, 1.807) is 48.8 Å². The molecule has 15 heteroatoms. The highest BCUT2D eigenvalue weighted by Gasteiger charge is 2.19. The lowest BCUT2D eigenvalue weighted by Crippen LogP contribution is -2.27. The van der Waals surface area contributed by atoms with Gasteiger partial charge < -0.3 is 46.9 Å². The summed E-state index contributed by atoms with van der Waals surface area (Å²) in [7, 11) is 0. The van der Waals surface area contributed by atoms with Gasteiger partial charge in [0.1, 0.15) is 17.1 Å². The van der Waals surface area contributed by atoms with E-state index in [0.29, 0.717) is 116 Å². The molecule has 3 aromatic heterocycles. The molecule has 0 atom stereocenters. The number of aromatic nitrogens is 3. The van der Waals surface area contributed by atoms with Crippen LogP contribution in [0.2, 0.25) is 0 Å². The second-order valence-corrected chi connectivity index (χ2v) is 14.8. The predicted octanol–water partition coefficient (Wildman–Crippen LogP) is 6.04. The third kappa shape index (κ3) is 12.9. The second-order valence-electron chi connectivity index (χ2n) is 14.8. The Morgan fingerprint density at radius 3 is 1.64 bits per heavy atom. The first-order valence-electron chi connectivity index (χ1n) is 19.1. The van der Waals surface area contributed by atoms with Crippen LogP contribution in [0.1, 0.15) is 121 Å². The van der Waals surface area contributed by atoms with Gasteiger partial charge in [-0.3, -0.25) is 30.0 Å². The summed E-state index contributed by atoms with van der Waals surface area (Å²) in [5, 5.41) is 27.1. The molecular formula is C40H57N11O4. The summed E-state index contributed by atoms with van der Waals surface area (Å²) in [6.45, 7) is 10.6. The maximum atomic E-state index is 13.4. The molecule has 0 saturated carbocycles. The van der Waals surface area contributed by atoms with Gasteiger partial charge in [0, 0.05) is 67.9 Å². The van der Waals surface area contributed by atoms with Gasteiger partial charge in [0.2, 0.25) is 0 Å². The van der Waals surface area contributed by atoms with Crippen LogP contribution in [0.3, 0.4) is 0 Å². The highest BCUT2D eigenvalue weighted by Crippen LogP contribution is 2.23. The lowest BCUT2D eigenvalue weighted by Gasteiger charge is -2.11. The molecule has 3 heterocycles. The van der Waals surface area contributed by atoms with Crippen LogP contribution in [0.25, 0.3) is 10.9 Å². The van der Waals surface area contributed by atoms with Gasteiger partial charge in [0.05, 0.1) is 23.0 Å². The number of rotatable bonds is 22. The van der Waals surface area contributed by atoms with Crippen LogP contribution in [0, 0.1) is 22.7 Å². The fourth-order valence-corrected chi connectivity index (χ4v) is 5.97. The zero-order valence-corrected chi connectivity index (χ0v) is 32.4. The molecule has 4 rings (SSSR count). The first kappa shape index (κ1) is 41.9. The summed E-state index contributed by atoms with van der Waals surface area (Å²) < 4.78 is 3.71. The Bertz CT molecular complexity index is 1880. The summed E-state index contributed by atoms with van der Waals surface area (Å²) in [5.74, 6) is -0.149. The highest BCUT2D eigenvalue weighted by molar-refractivity contribution is 6.09. The highest BCUT2D eigenvalue weighted by atomic mass is 16.2. The molecule has 296 valence electrons. The number of fused-ring (bicyclic) bond motifs is 1. The largest absolute Gasteiger partial charge is 0.388 e. The molecule has 0 saturated heterocycles. The number of anilines is 2. The van der Waals surface area contributed by atoms with Crippen molar-refractivity contribution in [2.45, 2.75) is 92.2 Å². The molecule has 0 radical (unpaired) electrons. The minimum Gasteiger partial charge on any atom is -0.388 e. The minimum atomic E-state index is -0.396. The Morgan fingerprint density at radius 2 is 1.16 bits per heavy atom. The van der Waals surface area contributed by atoms with Crippen LogP contribution in [0.5, 0.6) is 0 Å². The summed E-state index contributed by atoms with van der Waals surface area (Å²) in [4.78, 5) is 56.1. The quantitative estimate of drug-likeness (QED) is 0.0263. The number of nitrogens with zero attached hydrogens (tertiary/aromatic N) is 2. The lowest BCUT2D eigenvalue weighted by atomic mass is 10.1. The van der Waals surface area contributed by atoms with Crippen LogP contribution in [0.15, 0.2) is 48.8 Å². The topological polar surface area (TPSA) is 242 Å². The number of amidine groups is 2. The van der Waals surface area contributed by atoms with Crippen molar-refractivity contribution >= 4 is 57.6 Å². The van der Waals surface area contributed by atoms with E-state index in [2.05, 4.69) is 53.9 Å². The molecule has 55 heavy (non-hydrogen) atoms. The number of unbranched alkanes of at least 4 members (excludes halogenated alkanes) is 2. The molecule has 0 spiro atoms. The van der Waals surface area contributed by atoms with Crippen molar-refractivity contribution in [1.82, 2.24) is 24.8 Å². The number of benzene rings is 1. The van der Waals surface area contributed by atoms with E-state index in [1.165, 1.54) is 0 Å². The maximum absolute atomic E-state index is 13.4. The fraction of sp³-hybridized carbons (Fsp3) is 0.450. The second kappa shape index (κ2) is 20.0. The number of aromatic amines is 1. The zero-order chi connectivity index (χ0) is 40.1. The third-order valence-corrected chi connectivity index (χ3v) is 9.11. The normalized spacial score (nSPS) is 11.2. The number of hydrogen-bond donors (Lipinski definition) is 9. The van der Waals surface area contributed by atoms with Gasteiger partial charge in [-0.2, -0.15) is 0 Å². The number of carbonyl (C=O) groups excluding carboxylic acids is 4. The molecule has 15 nitrogen and oxygen atoms in total. The molecule has 0 aliphatic carbocycles. The number of aryl methyl sites for hydroxylation is 2. The smallest absolute Gasteiger partial charge is 0.272 e. The monoisotopic (exact) mass is 755 g/mol. The predicted molar refractivity (Wildman–Crippen MR) is 218 cm³/mol. The Hall–Kier alpha value is -5.86. The van der Waals surface area contributed by atoms with Gasteiger partial charge in [-0.05, 0) is 86.8 Å². The van der Waals surface area contributed by atoms with Gasteiger partial charge in [-0.1, -0.05) is 27.7 Å². The van der Waals surface area contributed by atoms with Gasteiger partial charge >= 0.3 is 0 Å². The Morgan fingerprint density at radius 1 is 0.673 bits per heavy atom. The van der Waals surface area contributed by atoms with Crippen molar-refractivity contribution in [2.75, 3.05) is 23.7 Å². The molecule has 0 aliphatic rings. The standard InChI is InChI=1S/C40H57N11O4/c1-25(2)13-17-50-23-29(21-33(50)39(54)45-15-7-5-9-35(41)42)47-37(52)27-11-12-31-28(19-27)20-32(49-31)38(53)48-30-22-34(51(24-30)18-14-26(3)4)40(55)46-16-8-6-10-36(43)44/h11-12,19-26,49H,5-10,13-18H2,1-4H3,(H3,41,42)(H3,43,44)(H,45,54)(H,46,55)(H,47,52)(H,48,53). The molecule has 11 N–H and O–H groups in total. The number of hydrogen-bond acceptors (Lipinski definition) is 6. The van der Waals surface area contributed by atoms with Crippen LogP contribution < -0.4 is 32.7 Å². The first-order chi connectivity index (χ1) is 26.2. The van der Waals surface area contributed by atoms with Crippen LogP contribution >= 0.6 is 0 Å². The summed E-state index contributed by atoms with van der Waals surface area (Å²) in [6.07, 6.45) is 9.02. The van der Waals surface area contributed by atoms with E-state index < -0.39 is 5.91 Å². The third-order valence-electron chi connectivity index (χ3n) is 9.11. The summed E-state index contributed by atoms with van der Waals surface area (Å²) >= 11 is 0. The fourth-order valence-electron chi connectivity index (χ4n) is 5.97. The Labute approximate surface area is 322 Å². The van der Waals surface area contributed by atoms with Gasteiger partial charge in [-0.15, -0.1) is 0 Å². The lowest BCUT2D eigenvalue weighted by molar-refractivity contribution is 0.0935. The van der Waals surface area contributed by atoms with E-state index in [0.717, 1.165) is 12.8 Å². The van der Waals surface area contributed by atoms with Crippen molar-refractivity contribution < 1.29 is 19.2 Å². The van der Waals surface area contributed by atoms with Crippen molar-refractivity contribution in [3.05, 3.63) is 71.4 Å². The number of nitrogens with two attached hydrogens (primary N) is 2. The SMILES string of the molecule is CC(C)CCn1cc(NC(=O)c2ccc3[nH]c(C(=O)Nc4cc(C(=O)NCCCCC(=N)N)n(CCC(C)C)c4)cc3c2)cc1C(=O)NCCCCC(=N)N. The number of H-pyrrole nitrogens is 1. The van der Waals surface area contributed by atoms with Gasteiger partial charge in [-0.25, -0.2) is 0 Å². The average Bonchev–Trinajstić information content (AvgIpc) is 3.85. The molecule has 0 unspecified atom stereocenters. The Kier molecular flexibility index (Phi) is 15.2.